The molecule has 1 fully saturated rings. The van der Waals surface area contributed by atoms with E-state index in [0.29, 0.717) is 33.9 Å². The molecule has 3 atom stereocenters. The summed E-state index contributed by atoms with van der Waals surface area (Å²) in [7, 11) is 1.21. The first-order valence-electron chi connectivity index (χ1n) is 13.8. The zero-order valence-electron chi connectivity index (χ0n) is 24.2. The van der Waals surface area contributed by atoms with Crippen LogP contribution in [0, 0.1) is 5.41 Å². The molecule has 1 aromatic heterocycles. The van der Waals surface area contributed by atoms with Crippen LogP contribution in [0.1, 0.15) is 32.8 Å². The number of carbonyl (C=O) groups excluding carboxylic acids is 3. The minimum Gasteiger partial charge on any atom is -0.471 e. The Hall–Kier alpha value is -4.61. The van der Waals surface area contributed by atoms with Crippen molar-refractivity contribution in [2.24, 2.45) is 5.41 Å². The highest BCUT2D eigenvalue weighted by atomic mass is 19.3. The summed E-state index contributed by atoms with van der Waals surface area (Å²) in [6, 6.07) is 11.7. The lowest BCUT2D eigenvalue weighted by atomic mass is 9.85. The monoisotopic (exact) mass is 594 g/mol. The number of fused-ring (bicyclic) bond motifs is 7. The second-order valence-corrected chi connectivity index (χ2v) is 11.6. The molecule has 5 rings (SSSR count). The van der Waals surface area contributed by atoms with Gasteiger partial charge in [0, 0.05) is 12.0 Å². The van der Waals surface area contributed by atoms with Crippen molar-refractivity contribution >= 4 is 35.1 Å². The summed E-state index contributed by atoms with van der Waals surface area (Å²) in [4.78, 5) is 50.1. The molecular weight excluding hydrogens is 562 g/mol. The van der Waals surface area contributed by atoms with Crippen molar-refractivity contribution in [3.8, 4) is 17.1 Å². The molecule has 2 amide bonds. The minimum absolute atomic E-state index is 0.0310. The van der Waals surface area contributed by atoms with Gasteiger partial charge in [0.05, 0.1) is 24.7 Å². The van der Waals surface area contributed by atoms with Gasteiger partial charge in [0.2, 0.25) is 11.8 Å². The Labute approximate surface area is 247 Å². The number of esters is 1. The van der Waals surface area contributed by atoms with Crippen LogP contribution in [0.3, 0.4) is 0 Å². The number of nitrogens with one attached hydrogen (secondary N) is 1. The first-order valence-corrected chi connectivity index (χ1v) is 13.8. The molecule has 3 heterocycles. The number of benzene rings is 2. The van der Waals surface area contributed by atoms with Crippen molar-refractivity contribution in [2.75, 3.05) is 20.3 Å². The van der Waals surface area contributed by atoms with Crippen molar-refractivity contribution in [2.45, 2.75) is 51.3 Å². The maximum absolute atomic E-state index is 14.7. The number of rotatable bonds is 1. The highest BCUT2D eigenvalue weighted by Crippen LogP contribution is 2.34. The largest absolute Gasteiger partial charge is 0.471 e. The predicted molar refractivity (Wildman–Crippen MR) is 153 cm³/mol. The van der Waals surface area contributed by atoms with Gasteiger partial charge in [-0.1, -0.05) is 57.2 Å². The predicted octanol–water partition coefficient (Wildman–Crippen LogP) is 4.62. The number of methoxy groups -OCH3 is 1. The number of ether oxygens (including phenoxy) is 3. The second-order valence-electron chi connectivity index (χ2n) is 11.6. The fourth-order valence-electron chi connectivity index (χ4n) is 5.09. The van der Waals surface area contributed by atoms with Gasteiger partial charge in [0.1, 0.15) is 23.9 Å². The Balaban J connectivity index is 1.63. The van der Waals surface area contributed by atoms with Gasteiger partial charge < -0.3 is 24.4 Å². The quantitative estimate of drug-likeness (QED) is 0.406. The van der Waals surface area contributed by atoms with Crippen molar-refractivity contribution in [3.05, 3.63) is 60.2 Å². The van der Waals surface area contributed by atoms with E-state index in [0.717, 1.165) is 0 Å². The smallest absolute Gasteiger partial charge is 0.408 e. The van der Waals surface area contributed by atoms with E-state index in [2.05, 4.69) is 5.32 Å². The van der Waals surface area contributed by atoms with E-state index in [9.17, 15) is 23.2 Å². The molecule has 1 N–H and O–H groups in total. The number of halogens is 2. The summed E-state index contributed by atoms with van der Waals surface area (Å²) in [6.07, 6.45) is 0.0753. The topological polar surface area (TPSA) is 120 Å². The Morgan fingerprint density at radius 2 is 1.81 bits per heavy atom. The van der Waals surface area contributed by atoms with Crippen LogP contribution in [0.5, 0.6) is 5.88 Å². The van der Waals surface area contributed by atoms with E-state index in [1.807, 2.05) is 12.1 Å². The van der Waals surface area contributed by atoms with Crippen LogP contribution in [-0.2, 0) is 19.1 Å². The maximum Gasteiger partial charge on any atom is 0.408 e. The van der Waals surface area contributed by atoms with Crippen molar-refractivity contribution in [1.29, 1.82) is 0 Å². The van der Waals surface area contributed by atoms with Crippen LogP contribution in [0.4, 0.5) is 13.6 Å². The highest BCUT2D eigenvalue weighted by Gasteiger charge is 2.47. The number of alkyl halides is 2. The molecule has 0 aliphatic carbocycles. The van der Waals surface area contributed by atoms with E-state index in [1.165, 1.54) is 18.1 Å². The number of aromatic nitrogens is 2. The van der Waals surface area contributed by atoms with E-state index >= 15 is 0 Å². The molecule has 3 aromatic rings. The number of hydrogen-bond acceptors (Lipinski definition) is 8. The molecule has 2 aliphatic rings. The van der Waals surface area contributed by atoms with Gasteiger partial charge in [-0.25, -0.2) is 19.6 Å². The van der Waals surface area contributed by atoms with E-state index in [-0.39, 0.29) is 18.8 Å². The lowest BCUT2D eigenvalue weighted by Crippen LogP contribution is -2.57. The summed E-state index contributed by atoms with van der Waals surface area (Å²) in [5.41, 5.74) is 1.64. The molecule has 2 aliphatic heterocycles. The average molecular weight is 595 g/mol. The number of para-hydroxylation sites is 2. The Morgan fingerprint density at radius 1 is 1.09 bits per heavy atom. The normalized spacial score (nSPS) is 22.5. The summed E-state index contributed by atoms with van der Waals surface area (Å²) in [5.74, 6) is -4.63. The molecular formula is C31H32F2N4O6. The van der Waals surface area contributed by atoms with Crippen LogP contribution in [0.25, 0.3) is 28.4 Å². The third kappa shape index (κ3) is 6.58. The second kappa shape index (κ2) is 11.6. The van der Waals surface area contributed by atoms with E-state index in [1.54, 1.807) is 57.2 Å². The van der Waals surface area contributed by atoms with Gasteiger partial charge >= 0.3 is 12.1 Å². The maximum atomic E-state index is 14.7. The lowest BCUT2D eigenvalue weighted by Gasteiger charge is -2.34. The number of nitrogens with zero attached hydrogens (tertiary/aromatic N) is 3. The summed E-state index contributed by atoms with van der Waals surface area (Å²) in [6.45, 7) is 3.81. The SMILES string of the molecule is COC(=O)[C@@H]1C[C@@H]2CN1C(=O)[C@H](C(C)(C)C)NC(=O)OCC(F)(F)C=Cc1cccc(c1)-c1nc3ccccc3nc1O2. The fraction of sp³-hybridized carbons (Fsp3) is 0.387. The standard InChI is InChI=1S/C31H32F2N4O6/c1-30(2,3)25-27(38)37-16-20(15-23(37)28(39)41-4)43-26-24(34-21-10-5-6-11-22(21)35-26)19-9-7-8-18(14-19)12-13-31(32,33)17-42-29(40)36-25/h5-14,20,23,25H,15-17H2,1-4H3,(H,36,40)/t20-,23+,25-/m1/s1. The Bertz CT molecular complexity index is 1590. The van der Waals surface area contributed by atoms with Crippen molar-refractivity contribution in [3.63, 3.8) is 0 Å². The summed E-state index contributed by atoms with van der Waals surface area (Å²) < 4.78 is 45.7. The molecule has 10 nitrogen and oxygen atoms in total. The molecule has 2 aromatic carbocycles. The third-order valence-corrected chi connectivity index (χ3v) is 7.29. The van der Waals surface area contributed by atoms with Gasteiger partial charge in [-0.3, -0.25) is 4.79 Å². The molecule has 43 heavy (non-hydrogen) atoms. The van der Waals surface area contributed by atoms with Gasteiger partial charge in [-0.05, 0) is 35.3 Å². The van der Waals surface area contributed by atoms with E-state index in [4.69, 9.17) is 24.2 Å². The zero-order chi connectivity index (χ0) is 30.9. The van der Waals surface area contributed by atoms with Gasteiger partial charge in [-0.2, -0.15) is 8.78 Å². The van der Waals surface area contributed by atoms with Crippen LogP contribution < -0.4 is 10.1 Å². The lowest BCUT2D eigenvalue weighted by molar-refractivity contribution is -0.152. The Morgan fingerprint density at radius 3 is 2.51 bits per heavy atom. The molecule has 226 valence electrons. The summed E-state index contributed by atoms with van der Waals surface area (Å²) in [5, 5.41) is 2.42. The fourth-order valence-corrected chi connectivity index (χ4v) is 5.09. The molecule has 4 bridgehead atoms. The average Bonchev–Trinajstić information content (AvgIpc) is 3.40. The van der Waals surface area contributed by atoms with Gasteiger partial charge in [0.25, 0.3) is 5.92 Å². The molecule has 0 unspecified atom stereocenters. The first kappa shape index (κ1) is 29.9. The number of cyclic esters (lactones) is 1. The van der Waals surface area contributed by atoms with Crippen LogP contribution in [0.2, 0.25) is 0 Å². The number of amides is 2. The van der Waals surface area contributed by atoms with Crippen LogP contribution >= 0.6 is 0 Å². The zero-order valence-corrected chi connectivity index (χ0v) is 24.2. The molecule has 1 saturated heterocycles. The minimum atomic E-state index is -3.50. The van der Waals surface area contributed by atoms with Gasteiger partial charge in [-0.15, -0.1) is 0 Å². The van der Waals surface area contributed by atoms with Crippen molar-refractivity contribution < 1.29 is 37.4 Å². The molecule has 0 spiro atoms. The number of carbonyl (C=O) groups is 3. The van der Waals surface area contributed by atoms with E-state index < -0.39 is 54.1 Å². The van der Waals surface area contributed by atoms with Gasteiger partial charge in [0.15, 0.2) is 6.61 Å². The third-order valence-electron chi connectivity index (χ3n) is 7.29. The molecule has 0 radical (unpaired) electrons. The van der Waals surface area contributed by atoms with Crippen LogP contribution in [0.15, 0.2) is 54.6 Å². The number of hydrogen-bond donors (Lipinski definition) is 1. The molecule has 0 saturated carbocycles. The van der Waals surface area contributed by atoms with Crippen LogP contribution in [-0.4, -0.2) is 77.2 Å². The first-order chi connectivity index (χ1) is 20.3. The summed E-state index contributed by atoms with van der Waals surface area (Å²) >= 11 is 0. The Kier molecular flexibility index (Phi) is 8.04. The highest BCUT2D eigenvalue weighted by molar-refractivity contribution is 5.91. The molecule has 12 heteroatoms. The number of alkyl carbamates (subject to hydrolysis) is 1. The van der Waals surface area contributed by atoms with Crippen molar-refractivity contribution in [1.82, 2.24) is 20.2 Å².